The average Bonchev–Trinajstić information content (AvgIpc) is 2.78. The van der Waals surface area contributed by atoms with Crippen molar-refractivity contribution >= 4 is 8.07 Å². The van der Waals surface area contributed by atoms with Gasteiger partial charge in [-0.1, -0.05) is 47.8 Å². The third kappa shape index (κ3) is 1.48. The summed E-state index contributed by atoms with van der Waals surface area (Å²) in [6.07, 6.45) is 17.8. The molecule has 0 aromatic heterocycles. The van der Waals surface area contributed by atoms with Crippen molar-refractivity contribution in [3.05, 3.63) is 46.8 Å². The monoisotopic (exact) mass is 186 g/mol. The predicted molar refractivity (Wildman–Crippen MR) is 58.5 cm³/mol. The SMILES string of the molecule is C[Si](C)(C1=[C]CC=C1)C1=[C]CC=C1. The Balaban J connectivity index is 2.29. The van der Waals surface area contributed by atoms with Crippen molar-refractivity contribution in [1.29, 1.82) is 0 Å². The maximum atomic E-state index is 3.45. The summed E-state index contributed by atoms with van der Waals surface area (Å²) in [4.78, 5) is 0. The van der Waals surface area contributed by atoms with Gasteiger partial charge in [-0.15, -0.1) is 0 Å². The summed E-state index contributed by atoms with van der Waals surface area (Å²) >= 11 is 0. The highest BCUT2D eigenvalue weighted by atomic mass is 28.3. The van der Waals surface area contributed by atoms with Gasteiger partial charge in [-0.3, -0.25) is 0 Å². The zero-order valence-electron chi connectivity index (χ0n) is 8.22. The Kier molecular flexibility index (Phi) is 2.12. The van der Waals surface area contributed by atoms with Gasteiger partial charge < -0.3 is 0 Å². The Bertz CT molecular complexity index is 295. The first kappa shape index (κ1) is 8.76. The highest BCUT2D eigenvalue weighted by Crippen LogP contribution is 2.30. The lowest BCUT2D eigenvalue weighted by Crippen LogP contribution is -2.30. The lowest BCUT2D eigenvalue weighted by atomic mass is 10.5. The molecule has 0 aliphatic heterocycles. The van der Waals surface area contributed by atoms with Crippen LogP contribution in [0.5, 0.6) is 0 Å². The smallest absolute Gasteiger partial charge is 0.0802 e. The Morgan fingerprint density at radius 3 is 1.77 bits per heavy atom. The fraction of sp³-hybridized carbons (Fsp3) is 0.333. The summed E-state index contributed by atoms with van der Waals surface area (Å²) in [6.45, 7) is 4.76. The fourth-order valence-electron chi connectivity index (χ4n) is 1.81. The van der Waals surface area contributed by atoms with E-state index in [4.69, 9.17) is 0 Å². The van der Waals surface area contributed by atoms with Crippen LogP contribution < -0.4 is 0 Å². The van der Waals surface area contributed by atoms with Crippen molar-refractivity contribution in [3.63, 3.8) is 0 Å². The van der Waals surface area contributed by atoms with Crippen LogP contribution in [0.15, 0.2) is 34.7 Å². The molecule has 13 heavy (non-hydrogen) atoms. The molecule has 0 amide bonds. The van der Waals surface area contributed by atoms with Gasteiger partial charge in [0, 0.05) is 0 Å². The molecular weight excluding hydrogens is 172 g/mol. The number of hydrogen-bond donors (Lipinski definition) is 0. The lowest BCUT2D eigenvalue weighted by molar-refractivity contribution is 1.38. The van der Waals surface area contributed by atoms with Crippen LogP contribution in [0.4, 0.5) is 0 Å². The van der Waals surface area contributed by atoms with Crippen LogP contribution >= 0.6 is 0 Å². The van der Waals surface area contributed by atoms with Crippen LogP contribution in [0, 0.1) is 12.2 Å². The molecule has 2 radical (unpaired) electrons. The molecule has 2 aliphatic rings. The first-order valence-electron chi connectivity index (χ1n) is 4.77. The molecule has 0 saturated heterocycles. The fourth-order valence-corrected chi connectivity index (χ4v) is 4.26. The van der Waals surface area contributed by atoms with E-state index in [0.29, 0.717) is 0 Å². The van der Waals surface area contributed by atoms with Crippen LogP contribution in [0.25, 0.3) is 0 Å². The van der Waals surface area contributed by atoms with Crippen molar-refractivity contribution in [2.75, 3.05) is 0 Å². The van der Waals surface area contributed by atoms with E-state index in [1.807, 2.05) is 0 Å². The second-order valence-corrected chi connectivity index (χ2v) is 8.35. The van der Waals surface area contributed by atoms with E-state index in [-0.39, 0.29) is 0 Å². The van der Waals surface area contributed by atoms with Gasteiger partial charge >= 0.3 is 0 Å². The summed E-state index contributed by atoms with van der Waals surface area (Å²) in [5.41, 5.74) is 0. The zero-order chi connectivity index (χ0) is 9.31. The van der Waals surface area contributed by atoms with Crippen LogP contribution in [-0.2, 0) is 0 Å². The second-order valence-electron chi connectivity index (χ2n) is 4.02. The Hall–Kier alpha value is -0.823. The van der Waals surface area contributed by atoms with Crippen molar-refractivity contribution in [3.8, 4) is 0 Å². The minimum absolute atomic E-state index is 1.00. The summed E-state index contributed by atoms with van der Waals surface area (Å²) in [6, 6.07) is 0. The van der Waals surface area contributed by atoms with Gasteiger partial charge in [0.15, 0.2) is 0 Å². The Labute approximate surface area is 81.4 Å². The molecule has 1 heteroatoms. The number of rotatable bonds is 2. The van der Waals surface area contributed by atoms with Gasteiger partial charge in [0.2, 0.25) is 0 Å². The van der Waals surface area contributed by atoms with Crippen molar-refractivity contribution in [2.24, 2.45) is 0 Å². The molecule has 0 aromatic rings. The first-order valence-corrected chi connectivity index (χ1v) is 7.77. The molecule has 0 nitrogen and oxygen atoms in total. The van der Waals surface area contributed by atoms with Crippen LogP contribution in [-0.4, -0.2) is 8.07 Å². The van der Waals surface area contributed by atoms with Crippen LogP contribution in [0.2, 0.25) is 13.1 Å². The number of allylic oxidation sites excluding steroid dienone is 8. The first-order chi connectivity index (χ1) is 6.21. The van der Waals surface area contributed by atoms with Gasteiger partial charge in [-0.2, -0.15) is 0 Å². The highest BCUT2D eigenvalue weighted by Gasteiger charge is 2.29. The van der Waals surface area contributed by atoms with Crippen molar-refractivity contribution in [2.45, 2.75) is 25.9 Å². The molecule has 0 saturated carbocycles. The molecule has 0 unspecified atom stereocenters. The van der Waals surface area contributed by atoms with Crippen molar-refractivity contribution in [1.82, 2.24) is 0 Å². The maximum absolute atomic E-state index is 3.45. The Morgan fingerprint density at radius 2 is 1.46 bits per heavy atom. The molecule has 0 N–H and O–H groups in total. The molecule has 2 rings (SSSR count). The third-order valence-corrected chi connectivity index (χ3v) is 6.12. The number of hydrogen-bond acceptors (Lipinski definition) is 0. The molecule has 0 atom stereocenters. The molecule has 0 fully saturated rings. The van der Waals surface area contributed by atoms with E-state index < -0.39 is 8.07 Å². The standard InChI is InChI=1S/C12H14Si/c1-13(2,11-7-3-4-8-11)12-9-5-6-10-12/h3,5,7,9H,4,6H2,1-2H3. The normalized spacial score (nSPS) is 20.8. The summed E-state index contributed by atoms with van der Waals surface area (Å²) in [7, 11) is -1.40. The minimum atomic E-state index is -1.40. The largest absolute Gasteiger partial charge is 0.112 e. The van der Waals surface area contributed by atoms with Gasteiger partial charge in [-0.25, -0.2) is 0 Å². The molecule has 0 bridgehead atoms. The van der Waals surface area contributed by atoms with E-state index in [2.05, 4.69) is 49.6 Å². The summed E-state index contributed by atoms with van der Waals surface area (Å²) < 4.78 is 0. The molecule has 0 heterocycles. The van der Waals surface area contributed by atoms with E-state index in [1.165, 1.54) is 10.4 Å². The molecule has 66 valence electrons. The van der Waals surface area contributed by atoms with Crippen LogP contribution in [0.3, 0.4) is 0 Å². The molecule has 0 spiro atoms. The highest BCUT2D eigenvalue weighted by molar-refractivity contribution is 6.91. The van der Waals surface area contributed by atoms with Gasteiger partial charge in [0.1, 0.15) is 8.07 Å². The second kappa shape index (κ2) is 3.15. The maximum Gasteiger partial charge on any atom is 0.112 e. The zero-order valence-corrected chi connectivity index (χ0v) is 9.22. The average molecular weight is 186 g/mol. The predicted octanol–water partition coefficient (Wildman–Crippen LogP) is 3.15. The van der Waals surface area contributed by atoms with Gasteiger partial charge in [-0.05, 0) is 25.0 Å². The van der Waals surface area contributed by atoms with Crippen molar-refractivity contribution < 1.29 is 0 Å². The van der Waals surface area contributed by atoms with Gasteiger partial charge in [0.25, 0.3) is 0 Å². The van der Waals surface area contributed by atoms with E-state index in [0.717, 1.165) is 12.8 Å². The molecular formula is C12H14Si. The van der Waals surface area contributed by atoms with E-state index >= 15 is 0 Å². The molecule has 0 aromatic carbocycles. The van der Waals surface area contributed by atoms with E-state index in [9.17, 15) is 0 Å². The Morgan fingerprint density at radius 1 is 1.00 bits per heavy atom. The quantitative estimate of drug-likeness (QED) is 0.581. The molecule has 2 aliphatic carbocycles. The third-order valence-electron chi connectivity index (χ3n) is 2.74. The van der Waals surface area contributed by atoms with Crippen LogP contribution in [0.1, 0.15) is 12.8 Å². The lowest BCUT2D eigenvalue weighted by Gasteiger charge is -2.23. The van der Waals surface area contributed by atoms with E-state index in [1.54, 1.807) is 0 Å². The summed E-state index contributed by atoms with van der Waals surface area (Å²) in [5.74, 6) is 0. The minimum Gasteiger partial charge on any atom is -0.0802 e. The topological polar surface area (TPSA) is 0 Å². The summed E-state index contributed by atoms with van der Waals surface area (Å²) in [5, 5.41) is 2.89. The van der Waals surface area contributed by atoms with Gasteiger partial charge in [0.05, 0.1) is 0 Å².